The molecule has 0 saturated heterocycles. The Labute approximate surface area is 170 Å². The molecule has 4 nitrogen and oxygen atoms in total. The van der Waals surface area contributed by atoms with Crippen LogP contribution in [0.25, 0.3) is 0 Å². The van der Waals surface area contributed by atoms with Crippen molar-refractivity contribution in [3.05, 3.63) is 92.7 Å². The largest absolute Gasteiger partial charge is 0.486 e. The van der Waals surface area contributed by atoms with Crippen molar-refractivity contribution in [2.75, 3.05) is 0 Å². The van der Waals surface area contributed by atoms with Crippen molar-refractivity contribution in [3.8, 4) is 5.75 Å². The SMILES string of the molecule is Fc1ccc(OCc2nc(CN(Cc3ccco3)Cc3cccs3)cs2)cc1. The average Bonchev–Trinajstić information content (AvgIpc) is 3.45. The molecule has 0 aliphatic heterocycles. The van der Waals surface area contributed by atoms with Gasteiger partial charge in [-0.25, -0.2) is 9.37 Å². The number of aromatic nitrogens is 1. The highest BCUT2D eigenvalue weighted by atomic mass is 32.1. The quantitative estimate of drug-likeness (QED) is 0.351. The maximum atomic E-state index is 13.0. The van der Waals surface area contributed by atoms with Crippen molar-refractivity contribution in [3.63, 3.8) is 0 Å². The standard InChI is InChI=1S/C21H19FN2O2S2/c22-16-5-7-18(8-6-16)26-14-21-23-17(15-28-21)11-24(12-19-3-1-9-25-19)13-20-4-2-10-27-20/h1-10,15H,11-14H2. The smallest absolute Gasteiger partial charge is 0.140 e. The third-order valence-corrected chi connectivity index (χ3v) is 5.81. The van der Waals surface area contributed by atoms with Crippen LogP contribution >= 0.6 is 22.7 Å². The monoisotopic (exact) mass is 414 g/mol. The summed E-state index contributed by atoms with van der Waals surface area (Å²) in [6.45, 7) is 2.67. The number of ether oxygens (including phenoxy) is 1. The van der Waals surface area contributed by atoms with Crippen LogP contribution in [0.2, 0.25) is 0 Å². The van der Waals surface area contributed by atoms with Gasteiger partial charge in [0.25, 0.3) is 0 Å². The van der Waals surface area contributed by atoms with E-state index in [1.54, 1.807) is 41.1 Å². The molecule has 7 heteroatoms. The second-order valence-electron chi connectivity index (χ2n) is 6.28. The molecule has 0 unspecified atom stereocenters. The predicted molar refractivity (Wildman–Crippen MR) is 109 cm³/mol. The number of nitrogens with zero attached hydrogens (tertiary/aromatic N) is 2. The van der Waals surface area contributed by atoms with Gasteiger partial charge in [0.05, 0.1) is 18.5 Å². The Balaban J connectivity index is 1.38. The molecular formula is C21H19FN2O2S2. The van der Waals surface area contributed by atoms with Crippen LogP contribution in [0.4, 0.5) is 4.39 Å². The Kier molecular flexibility index (Phi) is 6.16. The molecule has 0 N–H and O–H groups in total. The predicted octanol–water partition coefficient (Wildman–Crippen LogP) is 5.72. The molecule has 0 saturated carbocycles. The van der Waals surface area contributed by atoms with Gasteiger partial charge in [-0.3, -0.25) is 4.90 Å². The van der Waals surface area contributed by atoms with Gasteiger partial charge in [-0.15, -0.1) is 22.7 Å². The van der Waals surface area contributed by atoms with Gasteiger partial charge in [0.2, 0.25) is 0 Å². The molecular weight excluding hydrogens is 395 g/mol. The van der Waals surface area contributed by atoms with Gasteiger partial charge in [0, 0.05) is 23.3 Å². The number of rotatable bonds is 9. The number of furan rings is 1. The molecule has 4 aromatic rings. The molecule has 0 amide bonds. The van der Waals surface area contributed by atoms with Gasteiger partial charge in [-0.05, 0) is 47.8 Å². The summed E-state index contributed by atoms with van der Waals surface area (Å²) in [5.41, 5.74) is 1.01. The molecule has 144 valence electrons. The first kappa shape index (κ1) is 18.9. The summed E-state index contributed by atoms with van der Waals surface area (Å²) in [6.07, 6.45) is 1.70. The van der Waals surface area contributed by atoms with Gasteiger partial charge in [-0.1, -0.05) is 6.07 Å². The molecule has 3 heterocycles. The van der Waals surface area contributed by atoms with Gasteiger partial charge < -0.3 is 9.15 Å². The van der Waals surface area contributed by atoms with Gasteiger partial charge in [0.1, 0.15) is 28.9 Å². The molecule has 0 fully saturated rings. The van der Waals surface area contributed by atoms with Crippen LogP contribution < -0.4 is 4.74 Å². The van der Waals surface area contributed by atoms with Crippen molar-refractivity contribution in [2.24, 2.45) is 0 Å². The van der Waals surface area contributed by atoms with Crippen LogP contribution in [-0.4, -0.2) is 9.88 Å². The second-order valence-corrected chi connectivity index (χ2v) is 8.25. The van der Waals surface area contributed by atoms with Crippen molar-refractivity contribution in [1.82, 2.24) is 9.88 Å². The lowest BCUT2D eigenvalue weighted by molar-refractivity contribution is 0.226. The third kappa shape index (κ3) is 5.28. The van der Waals surface area contributed by atoms with E-state index in [0.29, 0.717) is 12.4 Å². The van der Waals surface area contributed by atoms with E-state index in [4.69, 9.17) is 14.1 Å². The lowest BCUT2D eigenvalue weighted by atomic mass is 10.3. The summed E-state index contributed by atoms with van der Waals surface area (Å²) < 4.78 is 24.2. The maximum absolute atomic E-state index is 13.0. The Bertz CT molecular complexity index is 930. The summed E-state index contributed by atoms with van der Waals surface area (Å²) in [5, 5.41) is 5.05. The number of thiophene rings is 1. The van der Waals surface area contributed by atoms with E-state index in [1.807, 2.05) is 12.1 Å². The van der Waals surface area contributed by atoms with Crippen LogP contribution in [-0.2, 0) is 26.2 Å². The van der Waals surface area contributed by atoms with Crippen molar-refractivity contribution >= 4 is 22.7 Å². The lowest BCUT2D eigenvalue weighted by Crippen LogP contribution is -2.22. The normalized spacial score (nSPS) is 11.2. The fourth-order valence-corrected chi connectivity index (χ4v) is 4.25. The first-order valence-corrected chi connectivity index (χ1v) is 10.6. The zero-order valence-electron chi connectivity index (χ0n) is 15.1. The minimum absolute atomic E-state index is 0.272. The fraction of sp³-hybridized carbons (Fsp3) is 0.190. The van der Waals surface area contributed by atoms with Crippen molar-refractivity contribution < 1.29 is 13.5 Å². The molecule has 0 radical (unpaired) electrons. The molecule has 0 spiro atoms. The molecule has 0 aliphatic carbocycles. The highest BCUT2D eigenvalue weighted by molar-refractivity contribution is 7.10. The van der Waals surface area contributed by atoms with E-state index >= 15 is 0 Å². The molecule has 0 bridgehead atoms. The van der Waals surface area contributed by atoms with E-state index in [-0.39, 0.29) is 5.82 Å². The summed E-state index contributed by atoms with van der Waals surface area (Å²) in [4.78, 5) is 8.31. The van der Waals surface area contributed by atoms with Gasteiger partial charge >= 0.3 is 0 Å². The highest BCUT2D eigenvalue weighted by Gasteiger charge is 2.13. The summed E-state index contributed by atoms with van der Waals surface area (Å²) >= 11 is 3.32. The Morgan fingerprint density at radius 2 is 1.89 bits per heavy atom. The first-order chi connectivity index (χ1) is 13.7. The lowest BCUT2D eigenvalue weighted by Gasteiger charge is -2.19. The van der Waals surface area contributed by atoms with E-state index < -0.39 is 0 Å². The van der Waals surface area contributed by atoms with Crippen LogP contribution in [0.5, 0.6) is 5.75 Å². The van der Waals surface area contributed by atoms with Crippen LogP contribution in [0.15, 0.2) is 70.0 Å². The average molecular weight is 415 g/mol. The minimum atomic E-state index is -0.272. The number of benzene rings is 1. The second kappa shape index (κ2) is 9.14. The van der Waals surface area contributed by atoms with Crippen molar-refractivity contribution in [2.45, 2.75) is 26.2 Å². The summed E-state index contributed by atoms with van der Waals surface area (Å²) in [6, 6.07) is 14.1. The van der Waals surface area contributed by atoms with Crippen LogP contribution in [0.3, 0.4) is 0 Å². The van der Waals surface area contributed by atoms with E-state index in [9.17, 15) is 4.39 Å². The number of hydrogen-bond donors (Lipinski definition) is 0. The Morgan fingerprint density at radius 1 is 1.00 bits per heavy atom. The summed E-state index contributed by atoms with van der Waals surface area (Å²) in [7, 11) is 0. The Hall–Kier alpha value is -2.48. The number of thiazole rings is 1. The molecule has 28 heavy (non-hydrogen) atoms. The van der Waals surface area contributed by atoms with Crippen LogP contribution in [0, 0.1) is 5.82 Å². The zero-order chi connectivity index (χ0) is 19.2. The topological polar surface area (TPSA) is 38.5 Å². The molecule has 0 atom stereocenters. The Morgan fingerprint density at radius 3 is 2.64 bits per heavy atom. The third-order valence-electron chi connectivity index (χ3n) is 4.08. The van der Waals surface area contributed by atoms with E-state index in [0.717, 1.165) is 36.1 Å². The van der Waals surface area contributed by atoms with Crippen LogP contribution in [0.1, 0.15) is 21.3 Å². The first-order valence-electron chi connectivity index (χ1n) is 8.83. The van der Waals surface area contributed by atoms with Gasteiger partial charge in [-0.2, -0.15) is 0 Å². The molecule has 0 aliphatic rings. The minimum Gasteiger partial charge on any atom is -0.486 e. The number of halogens is 1. The molecule has 4 rings (SSSR count). The van der Waals surface area contributed by atoms with E-state index in [2.05, 4.69) is 27.8 Å². The fourth-order valence-electron chi connectivity index (χ4n) is 2.81. The van der Waals surface area contributed by atoms with Crippen molar-refractivity contribution in [1.29, 1.82) is 0 Å². The molecule has 3 aromatic heterocycles. The zero-order valence-corrected chi connectivity index (χ0v) is 16.7. The molecule has 1 aromatic carbocycles. The maximum Gasteiger partial charge on any atom is 0.140 e. The highest BCUT2D eigenvalue weighted by Crippen LogP contribution is 2.20. The van der Waals surface area contributed by atoms with Gasteiger partial charge in [0.15, 0.2) is 0 Å². The summed E-state index contributed by atoms with van der Waals surface area (Å²) in [5.74, 6) is 1.30. The van der Waals surface area contributed by atoms with E-state index in [1.165, 1.54) is 17.0 Å². The number of hydrogen-bond acceptors (Lipinski definition) is 6.